The molecule has 92 valence electrons. The van der Waals surface area contributed by atoms with Crippen molar-refractivity contribution in [2.45, 2.75) is 6.92 Å². The Morgan fingerprint density at radius 2 is 2.06 bits per heavy atom. The van der Waals surface area contributed by atoms with Gasteiger partial charge in [0.2, 0.25) is 0 Å². The maximum absolute atomic E-state index is 11.7. The Labute approximate surface area is 106 Å². The number of hydrogen-bond acceptors (Lipinski definition) is 2. The summed E-state index contributed by atoms with van der Waals surface area (Å²) >= 11 is 0. The zero-order valence-corrected chi connectivity index (χ0v) is 10.2. The quantitative estimate of drug-likeness (QED) is 0.894. The number of carbonyl (C=O) groups excluding carboxylic acids is 1. The largest absolute Gasteiger partial charge is 0.469 e. The second-order valence-corrected chi connectivity index (χ2v) is 3.91. The summed E-state index contributed by atoms with van der Waals surface area (Å²) in [5, 5.41) is 2.81. The Morgan fingerprint density at radius 1 is 1.28 bits per heavy atom. The summed E-state index contributed by atoms with van der Waals surface area (Å²) in [6.07, 6.45) is 5.41. The second kappa shape index (κ2) is 5.87. The van der Waals surface area contributed by atoms with Crippen LogP contribution in [0.25, 0.3) is 6.08 Å². The van der Waals surface area contributed by atoms with Gasteiger partial charge in [0, 0.05) is 6.54 Å². The number of aryl methyl sites for hydroxylation is 1. The van der Waals surface area contributed by atoms with Crippen LogP contribution in [0.3, 0.4) is 0 Å². The van der Waals surface area contributed by atoms with E-state index in [1.807, 2.05) is 42.5 Å². The molecule has 0 atom stereocenters. The summed E-state index contributed by atoms with van der Waals surface area (Å²) in [4.78, 5) is 11.7. The summed E-state index contributed by atoms with van der Waals surface area (Å²) in [7, 11) is 0. The van der Waals surface area contributed by atoms with E-state index in [2.05, 4.69) is 5.32 Å². The first-order valence-corrected chi connectivity index (χ1v) is 5.81. The molecule has 0 aliphatic heterocycles. The first-order chi connectivity index (χ1) is 8.77. The minimum Gasteiger partial charge on any atom is -0.469 e. The summed E-state index contributed by atoms with van der Waals surface area (Å²) in [6, 6.07) is 11.6. The van der Waals surface area contributed by atoms with E-state index >= 15 is 0 Å². The number of amides is 1. The molecule has 2 rings (SSSR count). The zero-order chi connectivity index (χ0) is 12.8. The molecule has 0 aliphatic carbocycles. The third-order valence-corrected chi connectivity index (χ3v) is 2.59. The van der Waals surface area contributed by atoms with Crippen molar-refractivity contribution in [3.05, 3.63) is 65.6 Å². The molecule has 0 unspecified atom stereocenters. The number of rotatable bonds is 4. The molecule has 0 spiro atoms. The maximum atomic E-state index is 11.7. The fourth-order valence-electron chi connectivity index (χ4n) is 1.63. The van der Waals surface area contributed by atoms with Gasteiger partial charge in [0.05, 0.1) is 11.8 Å². The molecule has 3 nitrogen and oxygen atoms in total. The molecule has 0 fully saturated rings. The predicted octanol–water partition coefficient (Wildman–Crippen LogP) is 3.03. The van der Waals surface area contributed by atoms with Gasteiger partial charge in [0.25, 0.3) is 5.91 Å². The normalized spacial score (nSPS) is 10.7. The molecule has 0 saturated heterocycles. The van der Waals surface area contributed by atoms with Crippen LogP contribution in [0.5, 0.6) is 0 Å². The van der Waals surface area contributed by atoms with E-state index in [0.29, 0.717) is 17.9 Å². The van der Waals surface area contributed by atoms with Gasteiger partial charge in [-0.1, -0.05) is 42.5 Å². The van der Waals surface area contributed by atoms with Gasteiger partial charge in [-0.15, -0.1) is 0 Å². The average Bonchev–Trinajstić information content (AvgIpc) is 2.82. The van der Waals surface area contributed by atoms with Crippen LogP contribution in [-0.4, -0.2) is 12.5 Å². The minimum absolute atomic E-state index is 0.112. The lowest BCUT2D eigenvalue weighted by Gasteiger charge is -2.00. The molecule has 18 heavy (non-hydrogen) atoms. The van der Waals surface area contributed by atoms with Crippen molar-refractivity contribution >= 4 is 12.0 Å². The monoisotopic (exact) mass is 241 g/mol. The van der Waals surface area contributed by atoms with Crippen molar-refractivity contribution in [3.63, 3.8) is 0 Å². The number of benzene rings is 1. The summed E-state index contributed by atoms with van der Waals surface area (Å²) in [5.74, 6) is 0.526. The second-order valence-electron chi connectivity index (χ2n) is 3.91. The van der Waals surface area contributed by atoms with Crippen molar-refractivity contribution in [1.29, 1.82) is 0 Å². The Balaban J connectivity index is 1.84. The van der Waals surface area contributed by atoms with E-state index in [0.717, 1.165) is 5.56 Å². The molecule has 2 aromatic rings. The third kappa shape index (κ3) is 3.10. The van der Waals surface area contributed by atoms with Crippen LogP contribution in [0.1, 0.15) is 21.7 Å². The predicted molar refractivity (Wildman–Crippen MR) is 71.3 cm³/mol. The van der Waals surface area contributed by atoms with Crippen LogP contribution in [0.15, 0.2) is 53.2 Å². The van der Waals surface area contributed by atoms with Crippen LogP contribution in [0.2, 0.25) is 0 Å². The van der Waals surface area contributed by atoms with Crippen LogP contribution in [0.4, 0.5) is 0 Å². The van der Waals surface area contributed by atoms with Crippen molar-refractivity contribution in [3.8, 4) is 0 Å². The van der Waals surface area contributed by atoms with Gasteiger partial charge in [-0.25, -0.2) is 0 Å². The lowest BCUT2D eigenvalue weighted by Crippen LogP contribution is -2.23. The van der Waals surface area contributed by atoms with Gasteiger partial charge < -0.3 is 9.73 Å². The minimum atomic E-state index is -0.112. The zero-order valence-electron chi connectivity index (χ0n) is 10.2. The van der Waals surface area contributed by atoms with Crippen LogP contribution in [-0.2, 0) is 0 Å². The number of carbonyl (C=O) groups is 1. The molecule has 0 bridgehead atoms. The highest BCUT2D eigenvalue weighted by atomic mass is 16.3. The number of hydrogen-bond donors (Lipinski definition) is 1. The molecule has 1 N–H and O–H groups in total. The van der Waals surface area contributed by atoms with Crippen molar-refractivity contribution in [2.75, 3.05) is 6.54 Å². The van der Waals surface area contributed by atoms with Gasteiger partial charge in [0.1, 0.15) is 5.76 Å². The number of furan rings is 1. The van der Waals surface area contributed by atoms with E-state index < -0.39 is 0 Å². The highest BCUT2D eigenvalue weighted by molar-refractivity contribution is 5.95. The SMILES string of the molecule is Cc1occc1C(=O)NC/C=C\c1ccccc1. The van der Waals surface area contributed by atoms with Crippen LogP contribution >= 0.6 is 0 Å². The molecule has 0 radical (unpaired) electrons. The Bertz CT molecular complexity index is 541. The Morgan fingerprint density at radius 3 is 2.72 bits per heavy atom. The van der Waals surface area contributed by atoms with Gasteiger partial charge in [-0.3, -0.25) is 4.79 Å². The van der Waals surface area contributed by atoms with E-state index in [4.69, 9.17) is 4.42 Å². The van der Waals surface area contributed by atoms with E-state index in [1.54, 1.807) is 13.0 Å². The molecule has 1 amide bonds. The smallest absolute Gasteiger partial charge is 0.255 e. The number of nitrogens with one attached hydrogen (secondary N) is 1. The molecule has 0 saturated carbocycles. The fourth-order valence-corrected chi connectivity index (χ4v) is 1.63. The van der Waals surface area contributed by atoms with E-state index in [-0.39, 0.29) is 5.91 Å². The van der Waals surface area contributed by atoms with Crippen LogP contribution < -0.4 is 5.32 Å². The molecule has 0 aliphatic rings. The molecular weight excluding hydrogens is 226 g/mol. The summed E-state index contributed by atoms with van der Waals surface area (Å²) in [5.41, 5.74) is 1.70. The Kier molecular flexibility index (Phi) is 3.97. The maximum Gasteiger partial charge on any atom is 0.255 e. The summed E-state index contributed by atoms with van der Waals surface area (Å²) < 4.78 is 5.08. The van der Waals surface area contributed by atoms with Crippen molar-refractivity contribution in [2.24, 2.45) is 0 Å². The molecular formula is C15H15NO2. The average molecular weight is 241 g/mol. The van der Waals surface area contributed by atoms with Gasteiger partial charge >= 0.3 is 0 Å². The third-order valence-electron chi connectivity index (χ3n) is 2.59. The lowest BCUT2D eigenvalue weighted by atomic mass is 10.2. The molecule has 1 heterocycles. The van der Waals surface area contributed by atoms with Gasteiger partial charge in [0.15, 0.2) is 0 Å². The van der Waals surface area contributed by atoms with Crippen molar-refractivity contribution < 1.29 is 9.21 Å². The topological polar surface area (TPSA) is 42.2 Å². The first kappa shape index (κ1) is 12.2. The molecule has 3 heteroatoms. The van der Waals surface area contributed by atoms with Gasteiger partial charge in [-0.05, 0) is 18.6 Å². The standard InChI is InChI=1S/C15H15NO2/c1-12-14(9-11-18-12)15(17)16-10-5-8-13-6-3-2-4-7-13/h2-9,11H,10H2,1H3,(H,16,17)/b8-5-. The Hall–Kier alpha value is -2.29. The van der Waals surface area contributed by atoms with Gasteiger partial charge in [-0.2, -0.15) is 0 Å². The highest BCUT2D eigenvalue weighted by Crippen LogP contribution is 2.07. The lowest BCUT2D eigenvalue weighted by molar-refractivity contribution is 0.0956. The van der Waals surface area contributed by atoms with E-state index in [9.17, 15) is 4.79 Å². The summed E-state index contributed by atoms with van der Waals surface area (Å²) in [6.45, 7) is 2.27. The van der Waals surface area contributed by atoms with Crippen molar-refractivity contribution in [1.82, 2.24) is 5.32 Å². The highest BCUT2D eigenvalue weighted by Gasteiger charge is 2.09. The molecule has 1 aromatic heterocycles. The molecule has 1 aromatic carbocycles. The fraction of sp³-hybridized carbons (Fsp3) is 0.133. The first-order valence-electron chi connectivity index (χ1n) is 5.81. The van der Waals surface area contributed by atoms with E-state index in [1.165, 1.54) is 6.26 Å². The van der Waals surface area contributed by atoms with Crippen LogP contribution in [0, 0.1) is 6.92 Å².